The van der Waals surface area contributed by atoms with Crippen LogP contribution in [-0.2, 0) is 4.79 Å². The molecule has 4 rings (SSSR count). The van der Waals surface area contributed by atoms with Gasteiger partial charge < -0.3 is 14.2 Å². The number of benzene rings is 1. The van der Waals surface area contributed by atoms with Gasteiger partial charge in [-0.25, -0.2) is 0 Å². The molecule has 2 amide bonds. The summed E-state index contributed by atoms with van der Waals surface area (Å²) in [5, 5.41) is 0.991. The molecule has 1 saturated carbocycles. The van der Waals surface area contributed by atoms with Crippen LogP contribution in [0.2, 0.25) is 0 Å². The molecule has 150 valence electrons. The molecule has 5 nitrogen and oxygen atoms in total. The summed E-state index contributed by atoms with van der Waals surface area (Å²) in [6.07, 6.45) is 2.82. The third-order valence-corrected chi connectivity index (χ3v) is 6.22. The summed E-state index contributed by atoms with van der Waals surface area (Å²) in [4.78, 5) is 30.0. The highest BCUT2D eigenvalue weighted by Gasteiger charge is 2.37. The van der Waals surface area contributed by atoms with Crippen molar-refractivity contribution in [1.29, 1.82) is 0 Å². The molecule has 2 aromatic rings. The van der Waals surface area contributed by atoms with Gasteiger partial charge in [0.15, 0.2) is 5.76 Å². The summed E-state index contributed by atoms with van der Waals surface area (Å²) in [5.41, 5.74) is 2.77. The van der Waals surface area contributed by atoms with Gasteiger partial charge in [0.2, 0.25) is 5.91 Å². The van der Waals surface area contributed by atoms with Gasteiger partial charge in [0.05, 0.1) is 6.04 Å². The minimum absolute atomic E-state index is 0.0616. The van der Waals surface area contributed by atoms with E-state index in [-0.39, 0.29) is 17.9 Å². The molecular formula is C23H30N2O3. The molecule has 28 heavy (non-hydrogen) atoms. The molecule has 2 aliphatic rings. The molecule has 1 atom stereocenters. The fourth-order valence-electron chi connectivity index (χ4n) is 4.23. The molecular weight excluding hydrogens is 352 g/mol. The van der Waals surface area contributed by atoms with E-state index in [0.717, 1.165) is 28.6 Å². The van der Waals surface area contributed by atoms with Gasteiger partial charge in [0.1, 0.15) is 5.58 Å². The van der Waals surface area contributed by atoms with Crippen LogP contribution in [-0.4, -0.2) is 47.3 Å². The van der Waals surface area contributed by atoms with Crippen molar-refractivity contribution in [1.82, 2.24) is 9.80 Å². The molecule has 5 heteroatoms. The largest absolute Gasteiger partial charge is 0.451 e. The highest BCUT2D eigenvalue weighted by molar-refractivity contribution is 5.99. The zero-order chi connectivity index (χ0) is 20.0. The highest BCUT2D eigenvalue weighted by atomic mass is 16.3. The van der Waals surface area contributed by atoms with E-state index in [2.05, 4.69) is 19.9 Å². The fourth-order valence-corrected chi connectivity index (χ4v) is 4.23. The van der Waals surface area contributed by atoms with E-state index in [0.29, 0.717) is 37.1 Å². The van der Waals surface area contributed by atoms with Crippen molar-refractivity contribution in [2.45, 2.75) is 53.0 Å². The Morgan fingerprint density at radius 2 is 2.00 bits per heavy atom. The van der Waals surface area contributed by atoms with Crippen molar-refractivity contribution in [3.05, 3.63) is 35.1 Å². The number of rotatable bonds is 4. The first-order valence-corrected chi connectivity index (χ1v) is 10.4. The predicted molar refractivity (Wildman–Crippen MR) is 109 cm³/mol. The molecule has 0 N–H and O–H groups in total. The second-order valence-electron chi connectivity index (χ2n) is 8.86. The van der Waals surface area contributed by atoms with Gasteiger partial charge in [0, 0.05) is 37.0 Å². The van der Waals surface area contributed by atoms with Crippen LogP contribution in [0.5, 0.6) is 0 Å². The third-order valence-electron chi connectivity index (χ3n) is 6.22. The van der Waals surface area contributed by atoms with Crippen molar-refractivity contribution in [3.63, 3.8) is 0 Å². The number of aryl methyl sites for hydroxylation is 2. The van der Waals surface area contributed by atoms with Crippen LogP contribution in [0.1, 0.15) is 54.8 Å². The predicted octanol–water partition coefficient (Wildman–Crippen LogP) is 4.16. The first kappa shape index (κ1) is 19.0. The van der Waals surface area contributed by atoms with Crippen LogP contribution in [0.3, 0.4) is 0 Å². The maximum Gasteiger partial charge on any atom is 0.289 e. The highest BCUT2D eigenvalue weighted by Crippen LogP contribution is 2.33. The number of amides is 2. The Balaban J connectivity index is 1.62. The number of nitrogens with zero attached hydrogens (tertiary/aromatic N) is 2. The zero-order valence-corrected chi connectivity index (χ0v) is 17.3. The summed E-state index contributed by atoms with van der Waals surface area (Å²) in [5.74, 6) is 1.44. The van der Waals surface area contributed by atoms with Crippen LogP contribution in [0.25, 0.3) is 11.0 Å². The van der Waals surface area contributed by atoms with E-state index in [9.17, 15) is 9.59 Å². The molecule has 1 aliphatic heterocycles. The number of furan rings is 1. The Labute approximate surface area is 166 Å². The standard InChI is InChI=1S/C23H30N2O3/c1-14(2)19-13-24(10-9-21(26)25(19)12-17-6-7-17)23(27)22-16(4)18-11-15(3)5-8-20(18)28-22/h5,8,11,14,17,19H,6-7,9-10,12-13H2,1-4H3. The maximum atomic E-state index is 13.3. The molecule has 1 saturated heterocycles. The average molecular weight is 383 g/mol. The summed E-state index contributed by atoms with van der Waals surface area (Å²) in [6.45, 7) is 10.1. The Morgan fingerprint density at radius 3 is 2.68 bits per heavy atom. The molecule has 0 bridgehead atoms. The van der Waals surface area contributed by atoms with Crippen molar-refractivity contribution < 1.29 is 14.0 Å². The van der Waals surface area contributed by atoms with Crippen molar-refractivity contribution >= 4 is 22.8 Å². The van der Waals surface area contributed by atoms with Gasteiger partial charge in [-0.1, -0.05) is 25.5 Å². The van der Waals surface area contributed by atoms with E-state index in [4.69, 9.17) is 4.42 Å². The topological polar surface area (TPSA) is 53.8 Å². The number of hydrogen-bond acceptors (Lipinski definition) is 3. The minimum atomic E-state index is -0.0990. The average Bonchev–Trinajstić information content (AvgIpc) is 3.44. The van der Waals surface area contributed by atoms with E-state index in [1.807, 2.05) is 35.8 Å². The SMILES string of the molecule is Cc1ccc2oc(C(=O)N3CCC(=O)N(CC4CC4)C(C(C)C)C3)c(C)c2c1. The fraction of sp³-hybridized carbons (Fsp3) is 0.565. The molecule has 2 heterocycles. The quantitative estimate of drug-likeness (QED) is 0.798. The monoisotopic (exact) mass is 382 g/mol. The Kier molecular flexibility index (Phi) is 4.94. The second kappa shape index (κ2) is 7.26. The number of hydrogen-bond donors (Lipinski definition) is 0. The molecule has 1 aromatic heterocycles. The Bertz CT molecular complexity index is 910. The van der Waals surface area contributed by atoms with Crippen LogP contribution >= 0.6 is 0 Å². The summed E-state index contributed by atoms with van der Waals surface area (Å²) in [7, 11) is 0. The van der Waals surface area contributed by atoms with Gasteiger partial charge in [-0.15, -0.1) is 0 Å². The molecule has 0 spiro atoms. The van der Waals surface area contributed by atoms with Gasteiger partial charge in [-0.2, -0.15) is 0 Å². The number of carbonyl (C=O) groups excluding carboxylic acids is 2. The van der Waals surface area contributed by atoms with E-state index < -0.39 is 0 Å². The smallest absolute Gasteiger partial charge is 0.289 e. The molecule has 1 aliphatic carbocycles. The van der Waals surface area contributed by atoms with Gasteiger partial charge in [-0.05, 0) is 50.7 Å². The number of fused-ring (bicyclic) bond motifs is 1. The van der Waals surface area contributed by atoms with E-state index in [1.54, 1.807) is 0 Å². The summed E-state index contributed by atoms with van der Waals surface area (Å²) >= 11 is 0. The molecule has 1 unspecified atom stereocenters. The second-order valence-corrected chi connectivity index (χ2v) is 8.86. The lowest BCUT2D eigenvalue weighted by Crippen LogP contribution is -2.48. The lowest BCUT2D eigenvalue weighted by atomic mass is 10.0. The molecule has 0 radical (unpaired) electrons. The third kappa shape index (κ3) is 3.54. The van der Waals surface area contributed by atoms with E-state index >= 15 is 0 Å². The Hall–Kier alpha value is -2.30. The summed E-state index contributed by atoms with van der Waals surface area (Å²) < 4.78 is 5.94. The summed E-state index contributed by atoms with van der Waals surface area (Å²) in [6, 6.07) is 6.04. The Morgan fingerprint density at radius 1 is 1.25 bits per heavy atom. The van der Waals surface area contributed by atoms with Crippen LogP contribution < -0.4 is 0 Å². The first-order chi connectivity index (χ1) is 13.3. The van der Waals surface area contributed by atoms with Crippen molar-refractivity contribution in [3.8, 4) is 0 Å². The number of carbonyl (C=O) groups is 2. The minimum Gasteiger partial charge on any atom is -0.451 e. The van der Waals surface area contributed by atoms with Crippen molar-refractivity contribution in [2.75, 3.05) is 19.6 Å². The molecule has 2 fully saturated rings. The lowest BCUT2D eigenvalue weighted by Gasteiger charge is -2.34. The van der Waals surface area contributed by atoms with E-state index in [1.165, 1.54) is 12.8 Å². The maximum absolute atomic E-state index is 13.3. The van der Waals surface area contributed by atoms with Crippen molar-refractivity contribution in [2.24, 2.45) is 11.8 Å². The van der Waals surface area contributed by atoms with Crippen LogP contribution in [0, 0.1) is 25.7 Å². The normalized spacial score (nSPS) is 20.9. The lowest BCUT2D eigenvalue weighted by molar-refractivity contribution is -0.133. The van der Waals surface area contributed by atoms with Gasteiger partial charge >= 0.3 is 0 Å². The first-order valence-electron chi connectivity index (χ1n) is 10.4. The zero-order valence-electron chi connectivity index (χ0n) is 17.3. The van der Waals surface area contributed by atoms with Gasteiger partial charge in [-0.3, -0.25) is 9.59 Å². The van der Waals surface area contributed by atoms with Gasteiger partial charge in [0.25, 0.3) is 5.91 Å². The van der Waals surface area contributed by atoms with Crippen LogP contribution in [0.4, 0.5) is 0 Å². The molecule has 1 aromatic carbocycles. The van der Waals surface area contributed by atoms with Crippen LogP contribution in [0.15, 0.2) is 22.6 Å².